The van der Waals surface area contributed by atoms with Crippen molar-refractivity contribution in [1.82, 2.24) is 4.31 Å². The number of ether oxygens (including phenoxy) is 1. The molecule has 0 aliphatic rings. The molecule has 0 aliphatic carbocycles. The highest BCUT2D eigenvalue weighted by molar-refractivity contribution is 9.10. The molecule has 2 aromatic carbocycles. The summed E-state index contributed by atoms with van der Waals surface area (Å²) < 4.78 is 32.2. The predicted octanol–water partition coefficient (Wildman–Crippen LogP) is 3.93. The second kappa shape index (κ2) is 7.00. The van der Waals surface area contributed by atoms with E-state index in [2.05, 4.69) is 15.9 Å². The van der Waals surface area contributed by atoms with Gasteiger partial charge in [-0.05, 0) is 51.8 Å². The van der Waals surface area contributed by atoms with Crippen molar-refractivity contribution in [2.75, 3.05) is 14.2 Å². The van der Waals surface area contributed by atoms with Gasteiger partial charge in [0.05, 0.1) is 16.5 Å². The van der Waals surface area contributed by atoms with E-state index in [4.69, 9.17) is 16.3 Å². The van der Waals surface area contributed by atoms with Crippen molar-refractivity contribution in [2.45, 2.75) is 11.4 Å². The van der Waals surface area contributed by atoms with Crippen molar-refractivity contribution in [2.24, 2.45) is 0 Å². The van der Waals surface area contributed by atoms with Crippen LogP contribution in [-0.4, -0.2) is 26.9 Å². The lowest BCUT2D eigenvalue weighted by Gasteiger charge is -2.18. The Hall–Kier alpha value is -1.08. The molecule has 0 N–H and O–H groups in total. The average Bonchev–Trinajstić information content (AvgIpc) is 2.49. The average molecular weight is 405 g/mol. The molecule has 0 atom stereocenters. The Bertz CT molecular complexity index is 763. The Labute approximate surface area is 143 Å². The Morgan fingerprint density at radius 1 is 1.18 bits per heavy atom. The zero-order valence-electron chi connectivity index (χ0n) is 12.1. The molecule has 0 saturated heterocycles. The van der Waals surface area contributed by atoms with Gasteiger partial charge >= 0.3 is 0 Å². The number of methoxy groups -OCH3 is 1. The summed E-state index contributed by atoms with van der Waals surface area (Å²) in [7, 11) is -0.508. The molecule has 0 aliphatic heterocycles. The maximum Gasteiger partial charge on any atom is 0.243 e. The minimum Gasteiger partial charge on any atom is -0.496 e. The first-order chi connectivity index (χ1) is 10.3. The van der Waals surface area contributed by atoms with Crippen molar-refractivity contribution in [3.8, 4) is 5.75 Å². The minimum atomic E-state index is -3.58. The van der Waals surface area contributed by atoms with Crippen molar-refractivity contribution >= 4 is 37.6 Å². The van der Waals surface area contributed by atoms with Gasteiger partial charge in [-0.1, -0.05) is 23.7 Å². The van der Waals surface area contributed by atoms with Crippen LogP contribution in [0.5, 0.6) is 5.75 Å². The zero-order valence-corrected chi connectivity index (χ0v) is 15.2. The number of sulfonamides is 1. The fraction of sp³-hybridized carbons (Fsp3) is 0.200. The van der Waals surface area contributed by atoms with E-state index in [0.717, 1.165) is 5.56 Å². The lowest BCUT2D eigenvalue weighted by atomic mass is 10.2. The molecule has 7 heteroatoms. The number of benzene rings is 2. The summed E-state index contributed by atoms with van der Waals surface area (Å²) in [4.78, 5) is 0.205. The van der Waals surface area contributed by atoms with Crippen LogP contribution in [0, 0.1) is 0 Å². The van der Waals surface area contributed by atoms with Gasteiger partial charge in [0.2, 0.25) is 10.0 Å². The lowest BCUT2D eigenvalue weighted by molar-refractivity contribution is 0.411. The zero-order chi connectivity index (χ0) is 16.3. The monoisotopic (exact) mass is 403 g/mol. The Morgan fingerprint density at radius 3 is 2.36 bits per heavy atom. The summed E-state index contributed by atoms with van der Waals surface area (Å²) in [6, 6.07) is 11.8. The van der Waals surface area contributed by atoms with Crippen LogP contribution >= 0.6 is 27.5 Å². The van der Waals surface area contributed by atoms with E-state index < -0.39 is 10.0 Å². The molecule has 4 nitrogen and oxygen atoms in total. The van der Waals surface area contributed by atoms with E-state index in [1.165, 1.54) is 23.5 Å². The van der Waals surface area contributed by atoms with Gasteiger partial charge in [-0.25, -0.2) is 8.42 Å². The van der Waals surface area contributed by atoms with E-state index in [1.54, 1.807) is 37.4 Å². The van der Waals surface area contributed by atoms with Crippen LogP contribution in [0.25, 0.3) is 0 Å². The first-order valence-corrected chi connectivity index (χ1v) is 9.00. The van der Waals surface area contributed by atoms with Gasteiger partial charge in [0, 0.05) is 18.6 Å². The molecule has 0 unspecified atom stereocenters. The normalized spacial score (nSPS) is 11.7. The van der Waals surface area contributed by atoms with Gasteiger partial charge in [0.15, 0.2) is 0 Å². The molecule has 0 aromatic heterocycles. The van der Waals surface area contributed by atoms with Crippen LogP contribution in [0.15, 0.2) is 51.8 Å². The van der Waals surface area contributed by atoms with Gasteiger partial charge in [0.25, 0.3) is 0 Å². The summed E-state index contributed by atoms with van der Waals surface area (Å²) in [5.41, 5.74) is 0.864. The van der Waals surface area contributed by atoms with Gasteiger partial charge in [-0.2, -0.15) is 4.31 Å². The molecule has 0 bridgehead atoms. The van der Waals surface area contributed by atoms with Crippen LogP contribution in [0.2, 0.25) is 5.02 Å². The van der Waals surface area contributed by atoms with Crippen LogP contribution in [0.3, 0.4) is 0 Å². The Kier molecular flexibility index (Phi) is 5.50. The maximum absolute atomic E-state index is 12.6. The topological polar surface area (TPSA) is 46.6 Å². The highest BCUT2D eigenvalue weighted by Crippen LogP contribution is 2.28. The molecule has 22 heavy (non-hydrogen) atoms. The molecule has 2 aromatic rings. The predicted molar refractivity (Wildman–Crippen MR) is 90.8 cm³/mol. The summed E-state index contributed by atoms with van der Waals surface area (Å²) >= 11 is 9.13. The smallest absolute Gasteiger partial charge is 0.243 e. The fourth-order valence-corrected chi connectivity index (χ4v) is 3.92. The van der Waals surface area contributed by atoms with E-state index in [9.17, 15) is 8.42 Å². The third-order valence-corrected chi connectivity index (χ3v) is 5.82. The van der Waals surface area contributed by atoms with E-state index in [-0.39, 0.29) is 11.4 Å². The highest BCUT2D eigenvalue weighted by Gasteiger charge is 2.22. The van der Waals surface area contributed by atoms with Crippen LogP contribution < -0.4 is 4.74 Å². The maximum atomic E-state index is 12.6. The number of nitrogens with zero attached hydrogens (tertiary/aromatic N) is 1. The fourth-order valence-electron chi connectivity index (χ4n) is 1.92. The van der Waals surface area contributed by atoms with Gasteiger partial charge in [-0.15, -0.1) is 0 Å². The van der Waals surface area contributed by atoms with Crippen molar-refractivity contribution in [3.63, 3.8) is 0 Å². The lowest BCUT2D eigenvalue weighted by Crippen LogP contribution is -2.26. The summed E-state index contributed by atoms with van der Waals surface area (Å²) in [5, 5.41) is 0.619. The highest BCUT2D eigenvalue weighted by atomic mass is 79.9. The quantitative estimate of drug-likeness (QED) is 0.758. The summed E-state index contributed by atoms with van der Waals surface area (Å²) in [5.74, 6) is 0.583. The third kappa shape index (κ3) is 3.81. The second-order valence-corrected chi connectivity index (χ2v) is 8.02. The molecule has 0 saturated carbocycles. The number of hydrogen-bond acceptors (Lipinski definition) is 3. The molecule has 118 valence electrons. The largest absolute Gasteiger partial charge is 0.496 e. The molecule has 0 fully saturated rings. The number of hydrogen-bond donors (Lipinski definition) is 0. The second-order valence-electron chi connectivity index (χ2n) is 4.68. The van der Waals surface area contributed by atoms with Crippen molar-refractivity contribution < 1.29 is 13.2 Å². The van der Waals surface area contributed by atoms with E-state index >= 15 is 0 Å². The van der Waals surface area contributed by atoms with Crippen LogP contribution in [0.1, 0.15) is 5.56 Å². The van der Waals surface area contributed by atoms with Crippen molar-refractivity contribution in [1.29, 1.82) is 0 Å². The van der Waals surface area contributed by atoms with Crippen LogP contribution in [0.4, 0.5) is 0 Å². The van der Waals surface area contributed by atoms with E-state index in [1.807, 2.05) is 0 Å². The Balaban J connectivity index is 2.25. The first kappa shape index (κ1) is 17.3. The van der Waals surface area contributed by atoms with Gasteiger partial charge in [-0.3, -0.25) is 0 Å². The van der Waals surface area contributed by atoms with Gasteiger partial charge in [0.1, 0.15) is 5.75 Å². The molecule has 0 heterocycles. The molecular weight excluding hydrogens is 390 g/mol. The number of rotatable bonds is 5. The molecule has 0 amide bonds. The molecule has 0 radical (unpaired) electrons. The van der Waals surface area contributed by atoms with Crippen molar-refractivity contribution in [3.05, 3.63) is 57.5 Å². The number of halogens is 2. The molecule has 0 spiro atoms. The molecule has 2 rings (SSSR count). The minimum absolute atomic E-state index is 0.205. The SMILES string of the molecule is COc1ccc(S(=O)(=O)N(C)Cc2ccc(Cl)cc2)cc1Br. The standard InChI is InChI=1S/C15H15BrClNO3S/c1-18(10-11-3-5-12(17)6-4-11)22(19,20)13-7-8-15(21-2)14(16)9-13/h3-9H,10H2,1-2H3. The Morgan fingerprint density at radius 2 is 1.82 bits per heavy atom. The van der Waals surface area contributed by atoms with Crippen LogP contribution in [-0.2, 0) is 16.6 Å². The third-order valence-electron chi connectivity index (χ3n) is 3.15. The first-order valence-electron chi connectivity index (χ1n) is 6.39. The summed E-state index contributed by atoms with van der Waals surface area (Å²) in [6.45, 7) is 0.267. The van der Waals surface area contributed by atoms with Gasteiger partial charge < -0.3 is 4.74 Å². The summed E-state index contributed by atoms with van der Waals surface area (Å²) in [6.07, 6.45) is 0. The molecular formula is C15H15BrClNO3S. The van der Waals surface area contributed by atoms with E-state index in [0.29, 0.717) is 15.2 Å².